The number of H-pyrrole nitrogens is 1. The van der Waals surface area contributed by atoms with E-state index in [2.05, 4.69) is 20.9 Å². The average molecular weight is 441 g/mol. The lowest BCUT2D eigenvalue weighted by molar-refractivity contribution is 0.0152. The minimum atomic E-state index is -0.534. The van der Waals surface area contributed by atoms with Crippen LogP contribution in [0.2, 0.25) is 5.15 Å². The predicted octanol–water partition coefficient (Wildman–Crippen LogP) is 5.95. The lowest BCUT2D eigenvalue weighted by atomic mass is 10.2. The van der Waals surface area contributed by atoms with Crippen molar-refractivity contribution in [1.29, 1.82) is 0 Å². The molecular weight excluding hydrogens is 418 g/mol. The molecule has 3 rings (SSSR count). The third kappa shape index (κ3) is 4.07. The molecule has 0 aliphatic carbocycles. The van der Waals surface area contributed by atoms with Crippen molar-refractivity contribution >= 4 is 33.6 Å². The quantitative estimate of drug-likeness (QED) is 0.627. The molecule has 0 saturated carbocycles. The van der Waals surface area contributed by atoms with Crippen molar-refractivity contribution < 1.29 is 9.53 Å². The van der Waals surface area contributed by atoms with Gasteiger partial charge in [0, 0.05) is 16.1 Å². The molecule has 0 spiro atoms. The fourth-order valence-corrected chi connectivity index (χ4v) is 3.71. The molecule has 1 aliphatic heterocycles. The van der Waals surface area contributed by atoms with E-state index < -0.39 is 5.60 Å². The number of carbonyl (C=O) groups is 1. The van der Waals surface area contributed by atoms with Gasteiger partial charge in [0.05, 0.1) is 6.04 Å². The van der Waals surface area contributed by atoms with Gasteiger partial charge in [-0.3, -0.25) is 4.90 Å². The van der Waals surface area contributed by atoms with Crippen molar-refractivity contribution in [2.75, 3.05) is 0 Å². The van der Waals surface area contributed by atoms with Crippen LogP contribution in [0.25, 0.3) is 11.3 Å². The Balaban J connectivity index is 1.89. The Kier molecular flexibility index (Phi) is 5.35. The second kappa shape index (κ2) is 7.24. The largest absolute Gasteiger partial charge is 0.444 e. The van der Waals surface area contributed by atoms with Crippen LogP contribution >= 0.6 is 27.5 Å². The maximum Gasteiger partial charge on any atom is 0.411 e. The van der Waals surface area contributed by atoms with E-state index in [1.807, 2.05) is 52.0 Å². The van der Waals surface area contributed by atoms with Crippen molar-refractivity contribution in [1.82, 2.24) is 14.9 Å². The fourth-order valence-electron chi connectivity index (χ4n) is 3.20. The van der Waals surface area contributed by atoms with Crippen LogP contribution in [0.3, 0.4) is 0 Å². The number of likely N-dealkylation sites (tertiary alicyclic amines) is 1. The number of carbonyl (C=O) groups excluding carboxylic acids is 1. The van der Waals surface area contributed by atoms with Gasteiger partial charge in [0.15, 0.2) is 0 Å². The molecule has 26 heavy (non-hydrogen) atoms. The second-order valence-electron chi connectivity index (χ2n) is 7.62. The van der Waals surface area contributed by atoms with E-state index in [1.54, 1.807) is 4.90 Å². The van der Waals surface area contributed by atoms with Crippen LogP contribution in [0, 0.1) is 0 Å². The zero-order chi connectivity index (χ0) is 19.1. The maximum atomic E-state index is 12.7. The monoisotopic (exact) mass is 439 g/mol. The van der Waals surface area contributed by atoms with Crippen molar-refractivity contribution in [2.24, 2.45) is 0 Å². The van der Waals surface area contributed by atoms with Crippen molar-refractivity contribution in [3.63, 3.8) is 0 Å². The molecule has 0 unspecified atom stereocenters. The van der Waals surface area contributed by atoms with Crippen LogP contribution < -0.4 is 0 Å². The van der Waals surface area contributed by atoms with Crippen molar-refractivity contribution in [3.05, 3.63) is 39.7 Å². The minimum absolute atomic E-state index is 0.0925. The highest BCUT2D eigenvalue weighted by Gasteiger charge is 2.39. The third-order valence-electron chi connectivity index (χ3n) is 4.38. The van der Waals surface area contributed by atoms with Crippen LogP contribution in [0.5, 0.6) is 0 Å². The first kappa shape index (κ1) is 19.2. The van der Waals surface area contributed by atoms with Crippen LogP contribution in [0.4, 0.5) is 4.79 Å². The molecule has 1 aromatic heterocycles. The number of ether oxygens (including phenoxy) is 1. The number of nitrogens with zero attached hydrogens (tertiary/aromatic N) is 2. The van der Waals surface area contributed by atoms with Gasteiger partial charge in [0.1, 0.15) is 22.3 Å². The van der Waals surface area contributed by atoms with Gasteiger partial charge in [-0.15, -0.1) is 0 Å². The lowest BCUT2D eigenvalue weighted by Crippen LogP contribution is -2.40. The summed E-state index contributed by atoms with van der Waals surface area (Å²) in [5.41, 5.74) is 1.08. The van der Waals surface area contributed by atoms with Crippen molar-refractivity contribution in [2.45, 2.75) is 58.2 Å². The SMILES string of the molecule is C[C@H]1CC[C@@H](c2nc(-c3ccc(Br)cc3)c(Cl)[nH]2)N1C(=O)OC(C)(C)C. The number of aromatic nitrogens is 2. The van der Waals surface area contributed by atoms with Crippen LogP contribution in [-0.4, -0.2) is 32.6 Å². The Bertz CT molecular complexity index is 798. The topological polar surface area (TPSA) is 58.2 Å². The van der Waals surface area contributed by atoms with E-state index in [4.69, 9.17) is 21.3 Å². The first-order chi connectivity index (χ1) is 12.2. The molecule has 1 saturated heterocycles. The van der Waals surface area contributed by atoms with Crippen LogP contribution in [-0.2, 0) is 4.74 Å². The minimum Gasteiger partial charge on any atom is -0.444 e. The summed E-state index contributed by atoms with van der Waals surface area (Å²) in [6, 6.07) is 7.74. The van der Waals surface area contributed by atoms with Gasteiger partial charge in [0.2, 0.25) is 0 Å². The van der Waals surface area contributed by atoms with E-state index in [-0.39, 0.29) is 18.2 Å². The summed E-state index contributed by atoms with van der Waals surface area (Å²) < 4.78 is 6.58. The number of amides is 1. The standard InChI is InChI=1S/C19H23BrClN3O2/c1-11-5-10-14(24(11)18(25)26-19(2,3)4)17-22-15(16(21)23-17)12-6-8-13(20)9-7-12/h6-9,11,14H,5,10H2,1-4H3,(H,22,23)/t11-,14-/m0/s1. The maximum absolute atomic E-state index is 12.7. The summed E-state index contributed by atoms with van der Waals surface area (Å²) in [4.78, 5) is 22.3. The Labute approximate surface area is 167 Å². The highest BCUT2D eigenvalue weighted by Crippen LogP contribution is 2.38. The first-order valence-electron chi connectivity index (χ1n) is 8.68. The number of hydrogen-bond donors (Lipinski definition) is 1. The molecule has 1 fully saturated rings. The van der Waals surface area contributed by atoms with Gasteiger partial charge in [-0.2, -0.15) is 0 Å². The molecular formula is C19H23BrClN3O2. The third-order valence-corrected chi connectivity index (χ3v) is 5.19. The van der Waals surface area contributed by atoms with E-state index >= 15 is 0 Å². The molecule has 2 atom stereocenters. The van der Waals surface area contributed by atoms with E-state index in [1.165, 1.54) is 0 Å². The van der Waals surface area contributed by atoms with E-state index in [0.717, 1.165) is 22.9 Å². The van der Waals surface area contributed by atoms with Gasteiger partial charge in [-0.1, -0.05) is 39.7 Å². The van der Waals surface area contributed by atoms with Gasteiger partial charge >= 0.3 is 6.09 Å². The smallest absolute Gasteiger partial charge is 0.411 e. The summed E-state index contributed by atoms with van der Waals surface area (Å²) in [7, 11) is 0. The number of benzene rings is 1. The Hall–Kier alpha value is -1.53. The zero-order valence-corrected chi connectivity index (χ0v) is 17.7. The Morgan fingerprint density at radius 2 is 1.96 bits per heavy atom. The molecule has 0 bridgehead atoms. The molecule has 7 heteroatoms. The van der Waals surface area contributed by atoms with E-state index in [9.17, 15) is 4.79 Å². The average Bonchev–Trinajstić information content (AvgIpc) is 3.09. The number of halogens is 2. The summed E-state index contributed by atoms with van der Waals surface area (Å²) in [6.07, 6.45) is 1.41. The number of aromatic amines is 1. The summed E-state index contributed by atoms with van der Waals surface area (Å²) in [6.45, 7) is 7.65. The van der Waals surface area contributed by atoms with Crippen molar-refractivity contribution in [3.8, 4) is 11.3 Å². The molecule has 2 heterocycles. The number of nitrogens with one attached hydrogen (secondary N) is 1. The lowest BCUT2D eigenvalue weighted by Gasteiger charge is -2.30. The molecule has 1 aromatic carbocycles. The number of imidazole rings is 1. The Morgan fingerprint density at radius 3 is 2.58 bits per heavy atom. The van der Waals surface area contributed by atoms with Crippen LogP contribution in [0.1, 0.15) is 52.4 Å². The first-order valence-corrected chi connectivity index (χ1v) is 9.85. The molecule has 5 nitrogen and oxygen atoms in total. The second-order valence-corrected chi connectivity index (χ2v) is 8.91. The van der Waals surface area contributed by atoms with Gasteiger partial charge in [-0.05, 0) is 52.7 Å². The highest BCUT2D eigenvalue weighted by atomic mass is 79.9. The fraction of sp³-hybridized carbons (Fsp3) is 0.474. The predicted molar refractivity (Wildman–Crippen MR) is 106 cm³/mol. The van der Waals surface area contributed by atoms with Crippen LogP contribution in [0.15, 0.2) is 28.7 Å². The summed E-state index contributed by atoms with van der Waals surface area (Å²) >= 11 is 9.83. The summed E-state index contributed by atoms with van der Waals surface area (Å²) in [5.74, 6) is 0.697. The summed E-state index contributed by atoms with van der Waals surface area (Å²) in [5, 5.41) is 0.478. The Morgan fingerprint density at radius 1 is 1.31 bits per heavy atom. The van der Waals surface area contributed by atoms with Gasteiger partial charge < -0.3 is 9.72 Å². The van der Waals surface area contributed by atoms with Gasteiger partial charge in [0.25, 0.3) is 0 Å². The molecule has 2 aromatic rings. The zero-order valence-electron chi connectivity index (χ0n) is 15.3. The number of rotatable bonds is 2. The van der Waals surface area contributed by atoms with Gasteiger partial charge in [-0.25, -0.2) is 9.78 Å². The number of hydrogen-bond acceptors (Lipinski definition) is 3. The highest BCUT2D eigenvalue weighted by molar-refractivity contribution is 9.10. The molecule has 140 valence electrons. The normalized spacial score (nSPS) is 20.5. The molecule has 0 radical (unpaired) electrons. The molecule has 1 aliphatic rings. The molecule has 1 amide bonds. The molecule has 1 N–H and O–H groups in total. The van der Waals surface area contributed by atoms with E-state index in [0.29, 0.717) is 16.7 Å².